The first-order valence-electron chi connectivity index (χ1n) is 6.34. The Morgan fingerprint density at radius 3 is 2.62 bits per heavy atom. The fourth-order valence-electron chi connectivity index (χ4n) is 2.02. The van der Waals surface area contributed by atoms with Gasteiger partial charge in [-0.15, -0.1) is 0 Å². The van der Waals surface area contributed by atoms with Crippen molar-refractivity contribution in [2.75, 3.05) is 7.05 Å². The molecule has 110 valence electrons. The van der Waals surface area contributed by atoms with E-state index in [-0.39, 0.29) is 5.91 Å². The lowest BCUT2D eigenvalue weighted by molar-refractivity contribution is 0.0784. The average molecular weight is 387 g/mol. The van der Waals surface area contributed by atoms with E-state index < -0.39 is 0 Å². The Kier molecular flexibility index (Phi) is 5.31. The Balaban J connectivity index is 2.21. The van der Waals surface area contributed by atoms with Gasteiger partial charge in [0.05, 0.1) is 0 Å². The number of carbonyl (C=O) groups is 1. The van der Waals surface area contributed by atoms with E-state index in [2.05, 4.69) is 15.9 Å². The molecule has 21 heavy (non-hydrogen) atoms. The van der Waals surface area contributed by atoms with Crippen molar-refractivity contribution in [2.24, 2.45) is 0 Å². The topological polar surface area (TPSA) is 20.3 Å². The molecule has 2 aromatic carbocycles. The number of carbonyl (C=O) groups excluding carboxylic acids is 1. The summed E-state index contributed by atoms with van der Waals surface area (Å²) in [6.07, 6.45) is 0. The molecule has 0 bridgehead atoms. The summed E-state index contributed by atoms with van der Waals surface area (Å²) in [6.45, 7) is 2.35. The van der Waals surface area contributed by atoms with Crippen LogP contribution in [-0.2, 0) is 6.54 Å². The minimum Gasteiger partial charge on any atom is -0.337 e. The van der Waals surface area contributed by atoms with Crippen molar-refractivity contribution in [1.29, 1.82) is 0 Å². The van der Waals surface area contributed by atoms with Gasteiger partial charge in [0, 0.05) is 33.7 Å². The number of nitrogens with zero attached hydrogens (tertiary/aromatic N) is 1. The van der Waals surface area contributed by atoms with E-state index in [1.54, 1.807) is 24.1 Å². The molecule has 0 fully saturated rings. The Morgan fingerprint density at radius 1 is 1.24 bits per heavy atom. The number of hydrogen-bond donors (Lipinski definition) is 0. The van der Waals surface area contributed by atoms with Crippen LogP contribution in [0.2, 0.25) is 10.0 Å². The summed E-state index contributed by atoms with van der Waals surface area (Å²) in [4.78, 5) is 14.2. The second kappa shape index (κ2) is 6.82. The van der Waals surface area contributed by atoms with E-state index in [9.17, 15) is 4.79 Å². The zero-order valence-corrected chi connectivity index (χ0v) is 14.8. The summed E-state index contributed by atoms with van der Waals surface area (Å²) in [5.41, 5.74) is 2.47. The van der Waals surface area contributed by atoms with Crippen LogP contribution in [-0.4, -0.2) is 17.9 Å². The fourth-order valence-corrected chi connectivity index (χ4v) is 2.86. The molecule has 2 rings (SSSR count). The molecule has 0 radical (unpaired) electrons. The first-order valence-corrected chi connectivity index (χ1v) is 7.89. The molecule has 0 aliphatic carbocycles. The van der Waals surface area contributed by atoms with Crippen LogP contribution in [0.15, 0.2) is 40.9 Å². The summed E-state index contributed by atoms with van der Waals surface area (Å²) < 4.78 is 0.922. The molecule has 0 heterocycles. The number of halogens is 3. The maximum atomic E-state index is 12.5. The van der Waals surface area contributed by atoms with Crippen molar-refractivity contribution in [3.8, 4) is 0 Å². The smallest absolute Gasteiger partial charge is 0.254 e. The molecule has 0 spiro atoms. The molecule has 0 saturated carbocycles. The van der Waals surface area contributed by atoms with Crippen molar-refractivity contribution in [3.63, 3.8) is 0 Å². The Bertz CT molecular complexity index is 688. The molecule has 0 unspecified atom stereocenters. The van der Waals surface area contributed by atoms with Gasteiger partial charge in [-0.25, -0.2) is 0 Å². The van der Waals surface area contributed by atoms with Gasteiger partial charge in [-0.1, -0.05) is 51.3 Å². The third-order valence-corrected chi connectivity index (χ3v) is 4.71. The normalized spacial score (nSPS) is 10.5. The maximum absolute atomic E-state index is 12.5. The summed E-state index contributed by atoms with van der Waals surface area (Å²) >= 11 is 15.5. The van der Waals surface area contributed by atoms with E-state index in [4.69, 9.17) is 23.2 Å². The Hall–Kier alpha value is -1.03. The lowest BCUT2D eigenvalue weighted by Gasteiger charge is -2.19. The fraction of sp³-hybridized carbons (Fsp3) is 0.188. The van der Waals surface area contributed by atoms with Gasteiger partial charge >= 0.3 is 0 Å². The Morgan fingerprint density at radius 2 is 1.95 bits per heavy atom. The van der Waals surface area contributed by atoms with Crippen LogP contribution in [0.1, 0.15) is 21.5 Å². The molecule has 0 N–H and O–H groups in total. The van der Waals surface area contributed by atoms with Crippen LogP contribution in [0.5, 0.6) is 0 Å². The third kappa shape index (κ3) is 3.79. The molecule has 1 amide bonds. The number of hydrogen-bond acceptors (Lipinski definition) is 1. The van der Waals surface area contributed by atoms with Crippen LogP contribution >= 0.6 is 39.1 Å². The molecule has 0 aliphatic heterocycles. The average Bonchev–Trinajstić information content (AvgIpc) is 2.44. The predicted octanol–water partition coefficient (Wildman–Crippen LogP) is 5.34. The van der Waals surface area contributed by atoms with Gasteiger partial charge in [-0.3, -0.25) is 4.79 Å². The van der Waals surface area contributed by atoms with Gasteiger partial charge in [0.1, 0.15) is 0 Å². The van der Waals surface area contributed by atoms with Crippen molar-refractivity contribution in [3.05, 3.63) is 67.6 Å². The van der Waals surface area contributed by atoms with Crippen LogP contribution < -0.4 is 0 Å². The maximum Gasteiger partial charge on any atom is 0.254 e. The van der Waals surface area contributed by atoms with Crippen LogP contribution in [0, 0.1) is 6.92 Å². The van der Waals surface area contributed by atoms with Gasteiger partial charge in [-0.2, -0.15) is 0 Å². The van der Waals surface area contributed by atoms with E-state index in [0.717, 1.165) is 15.6 Å². The minimum absolute atomic E-state index is 0.0418. The standard InChI is InChI=1S/C16H14BrCl2NO/c1-10-13(4-3-5-14(10)17)16(21)20(2)9-11-6-7-12(18)8-15(11)19/h3-8H,9H2,1-2H3. The second-order valence-electron chi connectivity index (χ2n) is 4.81. The summed E-state index contributed by atoms with van der Waals surface area (Å²) in [7, 11) is 1.76. The lowest BCUT2D eigenvalue weighted by Crippen LogP contribution is -2.27. The van der Waals surface area contributed by atoms with Gasteiger partial charge in [-0.05, 0) is 42.3 Å². The molecule has 0 atom stereocenters. The SMILES string of the molecule is Cc1c(Br)cccc1C(=O)N(C)Cc1ccc(Cl)cc1Cl. The van der Waals surface area contributed by atoms with Crippen LogP contribution in [0.25, 0.3) is 0 Å². The van der Waals surface area contributed by atoms with Gasteiger partial charge < -0.3 is 4.90 Å². The molecule has 2 aromatic rings. The van der Waals surface area contributed by atoms with Crippen molar-refractivity contribution >= 4 is 45.0 Å². The van der Waals surface area contributed by atoms with Crippen LogP contribution in [0.3, 0.4) is 0 Å². The highest BCUT2D eigenvalue weighted by Crippen LogP contribution is 2.24. The molecule has 5 heteroatoms. The zero-order valence-electron chi connectivity index (χ0n) is 11.7. The van der Waals surface area contributed by atoms with Gasteiger partial charge in [0.2, 0.25) is 0 Å². The molecule has 2 nitrogen and oxygen atoms in total. The second-order valence-corrected chi connectivity index (χ2v) is 6.51. The van der Waals surface area contributed by atoms with E-state index in [1.807, 2.05) is 31.2 Å². The minimum atomic E-state index is -0.0418. The van der Waals surface area contributed by atoms with Crippen LogP contribution in [0.4, 0.5) is 0 Å². The zero-order chi connectivity index (χ0) is 15.6. The van der Waals surface area contributed by atoms with Crippen molar-refractivity contribution in [1.82, 2.24) is 4.90 Å². The largest absolute Gasteiger partial charge is 0.337 e. The van der Waals surface area contributed by atoms with Crippen molar-refractivity contribution < 1.29 is 4.79 Å². The highest BCUT2D eigenvalue weighted by molar-refractivity contribution is 9.10. The first-order chi connectivity index (χ1) is 9.90. The van der Waals surface area contributed by atoms with E-state index >= 15 is 0 Å². The molecule has 0 aliphatic rings. The third-order valence-electron chi connectivity index (χ3n) is 3.27. The summed E-state index contributed by atoms with van der Waals surface area (Å²) in [5, 5.41) is 1.15. The highest BCUT2D eigenvalue weighted by atomic mass is 79.9. The molecular weight excluding hydrogens is 373 g/mol. The monoisotopic (exact) mass is 385 g/mol. The number of benzene rings is 2. The highest BCUT2D eigenvalue weighted by Gasteiger charge is 2.16. The first kappa shape index (κ1) is 16.3. The lowest BCUT2D eigenvalue weighted by atomic mass is 10.1. The van der Waals surface area contributed by atoms with Gasteiger partial charge in [0.15, 0.2) is 0 Å². The molecular formula is C16H14BrCl2NO. The molecule has 0 aromatic heterocycles. The van der Waals surface area contributed by atoms with E-state index in [0.29, 0.717) is 22.2 Å². The van der Waals surface area contributed by atoms with E-state index in [1.165, 1.54) is 0 Å². The predicted molar refractivity (Wildman–Crippen MR) is 91.1 cm³/mol. The molecule has 0 saturated heterocycles. The van der Waals surface area contributed by atoms with Crippen molar-refractivity contribution in [2.45, 2.75) is 13.5 Å². The number of rotatable bonds is 3. The quantitative estimate of drug-likeness (QED) is 0.697. The Labute approximate surface area is 142 Å². The number of amides is 1. The summed E-state index contributed by atoms with van der Waals surface area (Å²) in [5.74, 6) is -0.0418. The summed E-state index contributed by atoms with van der Waals surface area (Å²) in [6, 6.07) is 10.9. The van der Waals surface area contributed by atoms with Gasteiger partial charge in [0.25, 0.3) is 5.91 Å².